The van der Waals surface area contributed by atoms with E-state index in [0.29, 0.717) is 0 Å². The lowest BCUT2D eigenvalue weighted by Crippen LogP contribution is -1.84. The van der Waals surface area contributed by atoms with Gasteiger partial charge < -0.3 is 0 Å². The van der Waals surface area contributed by atoms with Crippen molar-refractivity contribution in [2.75, 3.05) is 0 Å². The highest BCUT2D eigenvalue weighted by atomic mass is 127. The maximum Gasteiger partial charge on any atom is 0.0171 e. The number of rotatable bonds is 0. The van der Waals surface area contributed by atoms with Crippen LogP contribution in [0, 0.1) is 3.57 Å². The van der Waals surface area contributed by atoms with Crippen LogP contribution in [0.5, 0.6) is 0 Å². The largest absolute Gasteiger partial charge is 0.0795 e. The molecule has 1 aliphatic carbocycles. The zero-order chi connectivity index (χ0) is 6.97. The van der Waals surface area contributed by atoms with Gasteiger partial charge in [0.2, 0.25) is 0 Å². The average Bonchev–Trinajstić information content (AvgIpc) is 2.36. The topological polar surface area (TPSA) is 0 Å². The van der Waals surface area contributed by atoms with E-state index in [9.17, 15) is 0 Å². The Morgan fingerprint density at radius 3 is 3.00 bits per heavy atom. The lowest BCUT2D eigenvalue weighted by Gasteiger charge is -1.99. The fourth-order valence-electron chi connectivity index (χ4n) is 1.25. The van der Waals surface area contributed by atoms with Crippen molar-refractivity contribution in [3.05, 3.63) is 39.0 Å². The summed E-state index contributed by atoms with van der Waals surface area (Å²) in [5.41, 5.74) is 2.88. The van der Waals surface area contributed by atoms with Gasteiger partial charge in [-0.2, -0.15) is 0 Å². The van der Waals surface area contributed by atoms with Gasteiger partial charge >= 0.3 is 0 Å². The Bertz CT molecular complexity index is 287. The van der Waals surface area contributed by atoms with E-state index in [1.165, 1.54) is 14.7 Å². The minimum atomic E-state index is 1.12. The van der Waals surface area contributed by atoms with E-state index >= 15 is 0 Å². The standard InChI is InChI=1S/C9H7I/c10-9-6-2-4-7-3-1-5-8(7)9/h1-4,6H,5H2. The van der Waals surface area contributed by atoms with Crippen molar-refractivity contribution in [1.82, 2.24) is 0 Å². The van der Waals surface area contributed by atoms with E-state index in [1.54, 1.807) is 0 Å². The quantitative estimate of drug-likeness (QED) is 0.613. The highest BCUT2D eigenvalue weighted by Gasteiger charge is 2.06. The summed E-state index contributed by atoms with van der Waals surface area (Å²) in [6, 6.07) is 6.43. The Balaban J connectivity index is 2.66. The molecule has 10 heavy (non-hydrogen) atoms. The zero-order valence-electron chi connectivity index (χ0n) is 5.47. The summed E-state index contributed by atoms with van der Waals surface area (Å²) in [4.78, 5) is 0. The van der Waals surface area contributed by atoms with Crippen molar-refractivity contribution in [2.45, 2.75) is 6.42 Å². The van der Waals surface area contributed by atoms with Gasteiger partial charge in [-0.25, -0.2) is 0 Å². The highest BCUT2D eigenvalue weighted by Crippen LogP contribution is 2.23. The van der Waals surface area contributed by atoms with Gasteiger partial charge in [-0.3, -0.25) is 0 Å². The van der Waals surface area contributed by atoms with Crippen molar-refractivity contribution in [3.8, 4) is 0 Å². The molecule has 0 aliphatic heterocycles. The van der Waals surface area contributed by atoms with Gasteiger partial charge in [-0.15, -0.1) is 0 Å². The first-order chi connectivity index (χ1) is 4.88. The maximum atomic E-state index is 2.39. The predicted octanol–water partition coefficient (Wildman–Crippen LogP) is 2.86. The van der Waals surface area contributed by atoms with Gasteiger partial charge in [0.25, 0.3) is 0 Å². The van der Waals surface area contributed by atoms with E-state index in [4.69, 9.17) is 0 Å². The molecule has 1 heteroatoms. The third-order valence-corrected chi connectivity index (χ3v) is 2.79. The van der Waals surface area contributed by atoms with Crippen molar-refractivity contribution in [2.24, 2.45) is 0 Å². The van der Waals surface area contributed by atoms with Crippen LogP contribution in [0.25, 0.3) is 6.08 Å². The molecular weight excluding hydrogens is 235 g/mol. The molecule has 0 saturated carbocycles. The molecule has 0 N–H and O–H groups in total. The summed E-state index contributed by atoms with van der Waals surface area (Å²) in [7, 11) is 0. The molecule has 1 aliphatic rings. The summed E-state index contributed by atoms with van der Waals surface area (Å²) in [5, 5.41) is 0. The van der Waals surface area contributed by atoms with Crippen LogP contribution < -0.4 is 0 Å². The van der Waals surface area contributed by atoms with Crippen molar-refractivity contribution in [3.63, 3.8) is 0 Å². The molecule has 1 aromatic carbocycles. The number of halogens is 1. The first-order valence-corrected chi connectivity index (χ1v) is 4.40. The van der Waals surface area contributed by atoms with Crippen molar-refractivity contribution >= 4 is 28.7 Å². The number of allylic oxidation sites excluding steroid dienone is 1. The molecule has 0 fully saturated rings. The van der Waals surface area contributed by atoms with Crippen LogP contribution in [-0.4, -0.2) is 0 Å². The summed E-state index contributed by atoms with van der Waals surface area (Å²) >= 11 is 2.39. The lowest BCUT2D eigenvalue weighted by atomic mass is 10.1. The lowest BCUT2D eigenvalue weighted by molar-refractivity contribution is 1.28. The summed E-state index contributed by atoms with van der Waals surface area (Å²) < 4.78 is 1.39. The van der Waals surface area contributed by atoms with E-state index in [0.717, 1.165) is 6.42 Å². The van der Waals surface area contributed by atoms with Gasteiger partial charge in [-0.05, 0) is 46.2 Å². The molecule has 0 amide bonds. The number of benzene rings is 1. The molecule has 0 spiro atoms. The molecule has 0 bridgehead atoms. The van der Waals surface area contributed by atoms with Crippen LogP contribution in [0.1, 0.15) is 11.1 Å². The smallest absolute Gasteiger partial charge is 0.0171 e. The molecule has 50 valence electrons. The summed E-state index contributed by atoms with van der Waals surface area (Å²) in [5.74, 6) is 0. The Labute approximate surface area is 74.1 Å². The molecule has 0 nitrogen and oxygen atoms in total. The van der Waals surface area contributed by atoms with Crippen LogP contribution in [0.2, 0.25) is 0 Å². The van der Waals surface area contributed by atoms with E-state index < -0.39 is 0 Å². The Morgan fingerprint density at radius 2 is 2.20 bits per heavy atom. The summed E-state index contributed by atoms with van der Waals surface area (Å²) in [6.45, 7) is 0. The van der Waals surface area contributed by atoms with Gasteiger partial charge in [0.05, 0.1) is 0 Å². The minimum Gasteiger partial charge on any atom is -0.0795 e. The summed E-state index contributed by atoms with van der Waals surface area (Å²) in [6.07, 6.45) is 5.53. The van der Waals surface area contributed by atoms with E-state index in [-0.39, 0.29) is 0 Å². The number of hydrogen-bond donors (Lipinski definition) is 0. The van der Waals surface area contributed by atoms with Gasteiger partial charge in [0.1, 0.15) is 0 Å². The first kappa shape index (κ1) is 6.40. The van der Waals surface area contributed by atoms with E-state index in [2.05, 4.69) is 52.9 Å². The second-order valence-corrected chi connectivity index (χ2v) is 3.58. The Hall–Kier alpha value is -0.310. The molecule has 0 heterocycles. The van der Waals surface area contributed by atoms with Crippen LogP contribution in [-0.2, 0) is 6.42 Å². The predicted molar refractivity (Wildman–Crippen MR) is 51.9 cm³/mol. The van der Waals surface area contributed by atoms with Gasteiger partial charge in [0, 0.05) is 3.57 Å². The minimum absolute atomic E-state index is 1.12. The van der Waals surface area contributed by atoms with Crippen LogP contribution in [0.15, 0.2) is 24.3 Å². The van der Waals surface area contributed by atoms with Crippen molar-refractivity contribution in [1.29, 1.82) is 0 Å². The van der Waals surface area contributed by atoms with Gasteiger partial charge in [-0.1, -0.05) is 24.3 Å². The fraction of sp³-hybridized carbons (Fsp3) is 0.111. The average molecular weight is 242 g/mol. The molecule has 0 radical (unpaired) electrons. The highest BCUT2D eigenvalue weighted by molar-refractivity contribution is 14.1. The monoisotopic (exact) mass is 242 g/mol. The number of fused-ring (bicyclic) bond motifs is 1. The SMILES string of the molecule is Ic1cccc2c1CC=C2. The number of hydrogen-bond acceptors (Lipinski definition) is 0. The third kappa shape index (κ3) is 0.888. The second kappa shape index (κ2) is 2.38. The van der Waals surface area contributed by atoms with Gasteiger partial charge in [0.15, 0.2) is 0 Å². The first-order valence-electron chi connectivity index (χ1n) is 3.32. The second-order valence-electron chi connectivity index (χ2n) is 2.41. The Morgan fingerprint density at radius 1 is 1.30 bits per heavy atom. The van der Waals surface area contributed by atoms with Crippen LogP contribution >= 0.6 is 22.6 Å². The van der Waals surface area contributed by atoms with Crippen LogP contribution in [0.3, 0.4) is 0 Å². The van der Waals surface area contributed by atoms with Crippen molar-refractivity contribution < 1.29 is 0 Å². The maximum absolute atomic E-state index is 2.39. The molecule has 0 unspecified atom stereocenters. The van der Waals surface area contributed by atoms with Crippen LogP contribution in [0.4, 0.5) is 0 Å². The molecule has 0 aromatic heterocycles. The normalized spacial score (nSPS) is 13.7. The zero-order valence-corrected chi connectivity index (χ0v) is 7.63. The molecule has 0 saturated heterocycles. The Kier molecular flexibility index (Phi) is 1.52. The fourth-order valence-corrected chi connectivity index (χ4v) is 1.99. The van der Waals surface area contributed by atoms with E-state index in [1.807, 2.05) is 0 Å². The molecule has 1 aromatic rings. The molecular formula is C9H7I. The molecule has 0 atom stereocenters. The third-order valence-electron chi connectivity index (χ3n) is 1.77. The molecule has 2 rings (SSSR count).